The Morgan fingerprint density at radius 1 is 1.47 bits per heavy atom. The lowest BCUT2D eigenvalue weighted by atomic mass is 9.75. The van der Waals surface area contributed by atoms with Crippen LogP contribution in [0, 0.1) is 17.8 Å². The molecule has 0 N–H and O–H groups in total. The minimum Gasteiger partial charge on any atom is -0.461 e. The Labute approximate surface area is 106 Å². The van der Waals surface area contributed by atoms with Crippen molar-refractivity contribution in [2.24, 2.45) is 17.8 Å². The van der Waals surface area contributed by atoms with Gasteiger partial charge in [0.1, 0.15) is 6.10 Å². The van der Waals surface area contributed by atoms with Gasteiger partial charge in [-0.2, -0.15) is 0 Å². The predicted molar refractivity (Wildman–Crippen MR) is 70.1 cm³/mol. The van der Waals surface area contributed by atoms with Crippen molar-refractivity contribution >= 4 is 28.6 Å². The lowest BCUT2D eigenvalue weighted by Crippen LogP contribution is -2.36. The number of ether oxygens (including phenoxy) is 1. The van der Waals surface area contributed by atoms with Crippen molar-refractivity contribution in [2.45, 2.75) is 46.1 Å². The first-order valence-electron chi connectivity index (χ1n) is 5.80. The van der Waals surface area contributed by atoms with E-state index in [9.17, 15) is 4.79 Å². The Kier molecular flexibility index (Phi) is 5.36. The topological polar surface area (TPSA) is 26.3 Å². The summed E-state index contributed by atoms with van der Waals surface area (Å²) < 4.78 is 6.00. The van der Waals surface area contributed by atoms with Gasteiger partial charge in [-0.15, -0.1) is 0 Å². The fraction of sp³-hybridized carbons (Fsp3) is 0.917. The molecule has 0 saturated heterocycles. The Balaban J connectivity index is 2.57. The van der Waals surface area contributed by atoms with Crippen LogP contribution < -0.4 is 0 Å². The number of carbonyl (C=O) groups is 1. The first-order chi connectivity index (χ1) is 7.04. The standard InChI is InChI=1S/C12H21IO2/c1-8(2)10-5-4-9(3)6-11(10)15-12(14)7-13/h8-11H,4-7H2,1-3H3/t9-,10-,11-/m1/s1. The van der Waals surface area contributed by atoms with Gasteiger partial charge in [0.15, 0.2) is 0 Å². The van der Waals surface area contributed by atoms with Crippen LogP contribution in [-0.2, 0) is 9.53 Å². The van der Waals surface area contributed by atoms with Gasteiger partial charge < -0.3 is 4.74 Å². The van der Waals surface area contributed by atoms with Gasteiger partial charge in [-0.25, -0.2) is 0 Å². The third-order valence-electron chi connectivity index (χ3n) is 3.35. The fourth-order valence-electron chi connectivity index (χ4n) is 2.45. The van der Waals surface area contributed by atoms with Crippen LogP contribution in [0.1, 0.15) is 40.0 Å². The van der Waals surface area contributed by atoms with Gasteiger partial charge >= 0.3 is 5.97 Å². The molecular formula is C12H21IO2. The van der Waals surface area contributed by atoms with E-state index in [1.807, 2.05) is 0 Å². The van der Waals surface area contributed by atoms with E-state index in [0.717, 1.165) is 6.42 Å². The zero-order valence-corrected chi connectivity index (χ0v) is 12.0. The molecule has 1 fully saturated rings. The third-order valence-corrected chi connectivity index (χ3v) is 3.98. The minimum absolute atomic E-state index is 0.0552. The smallest absolute Gasteiger partial charge is 0.316 e. The van der Waals surface area contributed by atoms with Crippen molar-refractivity contribution in [1.82, 2.24) is 0 Å². The monoisotopic (exact) mass is 324 g/mol. The highest BCUT2D eigenvalue weighted by Gasteiger charge is 2.32. The van der Waals surface area contributed by atoms with Gasteiger partial charge in [0.05, 0.1) is 4.43 Å². The third kappa shape index (κ3) is 3.93. The summed E-state index contributed by atoms with van der Waals surface area (Å²) in [6, 6.07) is 0. The summed E-state index contributed by atoms with van der Waals surface area (Å²) in [6.45, 7) is 6.71. The Morgan fingerprint density at radius 2 is 2.13 bits per heavy atom. The van der Waals surface area contributed by atoms with Crippen LogP contribution in [0.15, 0.2) is 0 Å². The van der Waals surface area contributed by atoms with Crippen LogP contribution in [0.5, 0.6) is 0 Å². The molecule has 3 atom stereocenters. The lowest BCUT2D eigenvalue weighted by Gasteiger charge is -2.36. The Morgan fingerprint density at radius 3 is 2.67 bits per heavy atom. The van der Waals surface area contributed by atoms with Crippen LogP contribution in [0.4, 0.5) is 0 Å². The van der Waals surface area contributed by atoms with Crippen LogP contribution in [-0.4, -0.2) is 16.5 Å². The molecule has 88 valence electrons. The molecule has 0 bridgehead atoms. The second-order valence-corrected chi connectivity index (χ2v) is 5.75. The van der Waals surface area contributed by atoms with E-state index in [0.29, 0.717) is 22.2 Å². The van der Waals surface area contributed by atoms with Gasteiger partial charge in [0.2, 0.25) is 0 Å². The highest BCUT2D eigenvalue weighted by Crippen LogP contribution is 2.35. The molecule has 0 aromatic carbocycles. The quantitative estimate of drug-likeness (QED) is 0.452. The molecule has 0 amide bonds. The average molecular weight is 324 g/mol. The second kappa shape index (κ2) is 6.06. The highest BCUT2D eigenvalue weighted by molar-refractivity contribution is 14.1. The Bertz CT molecular complexity index is 216. The molecule has 0 heterocycles. The Hall–Kier alpha value is 0.200. The number of carbonyl (C=O) groups excluding carboxylic acids is 1. The van der Waals surface area contributed by atoms with E-state index in [-0.39, 0.29) is 12.1 Å². The SMILES string of the molecule is CC(C)[C@H]1CC[C@@H](C)C[C@H]1OC(=O)CI. The summed E-state index contributed by atoms with van der Waals surface area (Å²) >= 11 is 2.06. The fourth-order valence-corrected chi connectivity index (χ4v) is 2.63. The molecule has 1 aliphatic rings. The number of esters is 1. The zero-order chi connectivity index (χ0) is 11.4. The van der Waals surface area contributed by atoms with Crippen molar-refractivity contribution in [1.29, 1.82) is 0 Å². The van der Waals surface area contributed by atoms with Gasteiger partial charge in [-0.3, -0.25) is 4.79 Å². The predicted octanol–water partition coefficient (Wildman–Crippen LogP) is 3.43. The lowest BCUT2D eigenvalue weighted by molar-refractivity contribution is -0.152. The van der Waals surface area contributed by atoms with Crippen LogP contribution >= 0.6 is 22.6 Å². The second-order valence-electron chi connectivity index (χ2n) is 4.99. The average Bonchev–Trinajstić information content (AvgIpc) is 2.17. The summed E-state index contributed by atoms with van der Waals surface area (Å²) in [4.78, 5) is 11.3. The van der Waals surface area contributed by atoms with Crippen molar-refractivity contribution < 1.29 is 9.53 Å². The summed E-state index contributed by atoms with van der Waals surface area (Å²) in [5.74, 6) is 1.82. The van der Waals surface area contributed by atoms with E-state index < -0.39 is 0 Å². The number of hydrogen-bond donors (Lipinski definition) is 0. The van der Waals surface area contributed by atoms with Gasteiger partial charge in [-0.1, -0.05) is 49.8 Å². The molecule has 0 radical (unpaired) electrons. The molecule has 0 aromatic heterocycles. The van der Waals surface area contributed by atoms with Gasteiger partial charge in [0.25, 0.3) is 0 Å². The maximum atomic E-state index is 11.3. The maximum Gasteiger partial charge on any atom is 0.316 e. The first-order valence-corrected chi connectivity index (χ1v) is 7.32. The van der Waals surface area contributed by atoms with Crippen LogP contribution in [0.2, 0.25) is 0 Å². The van der Waals surface area contributed by atoms with E-state index >= 15 is 0 Å². The number of alkyl halides is 1. The molecule has 15 heavy (non-hydrogen) atoms. The summed E-state index contributed by atoms with van der Waals surface area (Å²) in [6.07, 6.45) is 3.70. The van der Waals surface area contributed by atoms with Crippen molar-refractivity contribution in [3.05, 3.63) is 0 Å². The zero-order valence-electron chi connectivity index (χ0n) is 9.83. The molecule has 1 saturated carbocycles. The molecule has 1 aliphatic carbocycles. The molecule has 0 spiro atoms. The van der Waals surface area contributed by atoms with E-state index in [4.69, 9.17) is 4.74 Å². The van der Waals surface area contributed by atoms with Crippen LogP contribution in [0.3, 0.4) is 0 Å². The first kappa shape index (κ1) is 13.3. The van der Waals surface area contributed by atoms with Gasteiger partial charge in [-0.05, 0) is 30.6 Å². The van der Waals surface area contributed by atoms with Crippen LogP contribution in [0.25, 0.3) is 0 Å². The molecular weight excluding hydrogens is 303 g/mol. The molecule has 2 nitrogen and oxygen atoms in total. The van der Waals surface area contributed by atoms with Crippen molar-refractivity contribution in [3.63, 3.8) is 0 Å². The minimum atomic E-state index is -0.0552. The summed E-state index contributed by atoms with van der Waals surface area (Å²) in [5, 5.41) is 0. The largest absolute Gasteiger partial charge is 0.461 e. The molecule has 0 aromatic rings. The highest BCUT2D eigenvalue weighted by atomic mass is 127. The maximum absolute atomic E-state index is 11.3. The number of halogens is 1. The number of hydrogen-bond acceptors (Lipinski definition) is 2. The molecule has 0 unspecified atom stereocenters. The van der Waals surface area contributed by atoms with Crippen molar-refractivity contribution in [3.8, 4) is 0 Å². The van der Waals surface area contributed by atoms with E-state index in [1.165, 1.54) is 12.8 Å². The molecule has 0 aliphatic heterocycles. The summed E-state index contributed by atoms with van der Waals surface area (Å²) in [7, 11) is 0. The summed E-state index contributed by atoms with van der Waals surface area (Å²) in [5.41, 5.74) is 0. The van der Waals surface area contributed by atoms with E-state index in [1.54, 1.807) is 0 Å². The van der Waals surface area contributed by atoms with E-state index in [2.05, 4.69) is 43.4 Å². The normalized spacial score (nSPS) is 31.7. The van der Waals surface area contributed by atoms with Gasteiger partial charge in [0, 0.05) is 0 Å². The number of rotatable bonds is 3. The van der Waals surface area contributed by atoms with Crippen molar-refractivity contribution in [2.75, 3.05) is 4.43 Å². The molecule has 1 rings (SSSR count). The molecule has 3 heteroatoms.